The summed E-state index contributed by atoms with van der Waals surface area (Å²) in [5, 5.41) is 3.11. The molecule has 5 nitrogen and oxygen atoms in total. The van der Waals surface area contributed by atoms with E-state index < -0.39 is 10.0 Å². The first-order chi connectivity index (χ1) is 12.0. The van der Waals surface area contributed by atoms with Gasteiger partial charge in [0.2, 0.25) is 15.9 Å². The third-order valence-corrected chi connectivity index (χ3v) is 6.04. The van der Waals surface area contributed by atoms with Crippen LogP contribution in [-0.2, 0) is 27.7 Å². The Morgan fingerprint density at radius 2 is 1.84 bits per heavy atom. The Labute approximate surface area is 148 Å². The van der Waals surface area contributed by atoms with E-state index in [-0.39, 0.29) is 16.8 Å². The molecule has 0 aliphatic heterocycles. The Bertz CT molecular complexity index is 860. The van der Waals surface area contributed by atoms with Crippen molar-refractivity contribution in [3.63, 3.8) is 0 Å². The van der Waals surface area contributed by atoms with Crippen LogP contribution >= 0.6 is 0 Å². The van der Waals surface area contributed by atoms with E-state index in [0.29, 0.717) is 12.8 Å². The molecule has 1 atom stereocenters. The normalized spacial score (nSPS) is 16.4. The van der Waals surface area contributed by atoms with Crippen molar-refractivity contribution in [3.05, 3.63) is 65.2 Å². The standard InChI is InChI=1S/C19H22N2O3S/c1-20-25(23,24)16-10-6-14(7-11-16)8-13-19(22)21-18-12-9-15-4-2-3-5-17(15)18/h2-7,10-11,18,20H,8-9,12-13H2,1H3,(H,21,22). The van der Waals surface area contributed by atoms with Crippen molar-refractivity contribution >= 4 is 15.9 Å². The first-order valence-electron chi connectivity index (χ1n) is 8.39. The second-order valence-electron chi connectivity index (χ2n) is 6.21. The number of fused-ring (bicyclic) bond motifs is 1. The van der Waals surface area contributed by atoms with E-state index in [1.165, 1.54) is 18.2 Å². The van der Waals surface area contributed by atoms with Gasteiger partial charge in [-0.05, 0) is 55.1 Å². The minimum absolute atomic E-state index is 0.0219. The largest absolute Gasteiger partial charge is 0.349 e. The molecule has 0 aromatic heterocycles. The maximum atomic E-state index is 12.2. The maximum absolute atomic E-state index is 12.2. The molecule has 1 amide bonds. The molecule has 3 rings (SSSR count). The second-order valence-corrected chi connectivity index (χ2v) is 8.10. The highest BCUT2D eigenvalue weighted by Gasteiger charge is 2.23. The van der Waals surface area contributed by atoms with Crippen LogP contribution in [0, 0.1) is 0 Å². The lowest BCUT2D eigenvalue weighted by Crippen LogP contribution is -2.27. The van der Waals surface area contributed by atoms with Gasteiger partial charge in [0.05, 0.1) is 10.9 Å². The smallest absolute Gasteiger partial charge is 0.240 e. The molecule has 132 valence electrons. The fourth-order valence-corrected chi connectivity index (χ4v) is 3.91. The lowest BCUT2D eigenvalue weighted by Gasteiger charge is -2.14. The van der Waals surface area contributed by atoms with Crippen molar-refractivity contribution in [2.45, 2.75) is 36.6 Å². The van der Waals surface area contributed by atoms with Crippen LogP contribution in [0.1, 0.15) is 35.6 Å². The second kappa shape index (κ2) is 7.37. The Kier molecular flexibility index (Phi) is 5.20. The number of benzene rings is 2. The summed E-state index contributed by atoms with van der Waals surface area (Å²) in [6.07, 6.45) is 2.92. The van der Waals surface area contributed by atoms with Crippen LogP contribution in [0.15, 0.2) is 53.4 Å². The fraction of sp³-hybridized carbons (Fsp3) is 0.316. The van der Waals surface area contributed by atoms with Gasteiger partial charge >= 0.3 is 0 Å². The summed E-state index contributed by atoms with van der Waals surface area (Å²) >= 11 is 0. The van der Waals surface area contributed by atoms with E-state index in [9.17, 15) is 13.2 Å². The quantitative estimate of drug-likeness (QED) is 0.832. The third-order valence-electron chi connectivity index (χ3n) is 4.61. The molecule has 2 aromatic carbocycles. The molecule has 6 heteroatoms. The lowest BCUT2D eigenvalue weighted by molar-refractivity contribution is -0.121. The zero-order valence-electron chi connectivity index (χ0n) is 14.2. The molecular weight excluding hydrogens is 336 g/mol. The zero-order valence-corrected chi connectivity index (χ0v) is 15.0. The van der Waals surface area contributed by atoms with Crippen LogP contribution in [-0.4, -0.2) is 21.4 Å². The molecule has 0 saturated heterocycles. The monoisotopic (exact) mass is 358 g/mol. The molecule has 0 bridgehead atoms. The number of hydrogen-bond acceptors (Lipinski definition) is 3. The molecule has 0 heterocycles. The van der Waals surface area contributed by atoms with Crippen LogP contribution in [0.3, 0.4) is 0 Å². The Morgan fingerprint density at radius 1 is 1.12 bits per heavy atom. The van der Waals surface area contributed by atoms with E-state index in [4.69, 9.17) is 0 Å². The molecular formula is C19H22N2O3S. The van der Waals surface area contributed by atoms with Crippen LogP contribution in [0.5, 0.6) is 0 Å². The molecule has 0 saturated carbocycles. The number of aryl methyl sites for hydroxylation is 2. The van der Waals surface area contributed by atoms with Crippen LogP contribution in [0.25, 0.3) is 0 Å². The van der Waals surface area contributed by atoms with Crippen LogP contribution in [0.4, 0.5) is 0 Å². The molecule has 25 heavy (non-hydrogen) atoms. The summed E-state index contributed by atoms with van der Waals surface area (Å²) in [7, 11) is -2.04. The highest BCUT2D eigenvalue weighted by Crippen LogP contribution is 2.30. The molecule has 0 fully saturated rings. The van der Waals surface area contributed by atoms with Gasteiger partial charge in [-0.2, -0.15) is 0 Å². The number of amides is 1. The molecule has 0 spiro atoms. The molecule has 2 N–H and O–H groups in total. The van der Waals surface area contributed by atoms with Gasteiger partial charge in [-0.25, -0.2) is 13.1 Å². The Balaban J connectivity index is 1.55. The van der Waals surface area contributed by atoms with Gasteiger partial charge < -0.3 is 5.32 Å². The van der Waals surface area contributed by atoms with Gasteiger partial charge in [0.1, 0.15) is 0 Å². The van der Waals surface area contributed by atoms with Crippen molar-refractivity contribution < 1.29 is 13.2 Å². The molecule has 1 aliphatic rings. The summed E-state index contributed by atoms with van der Waals surface area (Å²) in [5.74, 6) is 0.0219. The van der Waals surface area contributed by atoms with Crippen molar-refractivity contribution in [1.82, 2.24) is 10.0 Å². The number of hydrogen-bond donors (Lipinski definition) is 2. The summed E-state index contributed by atoms with van der Waals surface area (Å²) in [5.41, 5.74) is 3.48. The van der Waals surface area contributed by atoms with Crippen LogP contribution < -0.4 is 10.0 Å². The van der Waals surface area contributed by atoms with E-state index in [0.717, 1.165) is 18.4 Å². The molecule has 0 radical (unpaired) electrons. The van der Waals surface area contributed by atoms with E-state index in [2.05, 4.69) is 22.2 Å². The molecule has 1 unspecified atom stereocenters. The highest BCUT2D eigenvalue weighted by molar-refractivity contribution is 7.89. The van der Waals surface area contributed by atoms with Crippen molar-refractivity contribution in [2.24, 2.45) is 0 Å². The SMILES string of the molecule is CNS(=O)(=O)c1ccc(CCC(=O)NC2CCc3ccccc32)cc1. The van der Waals surface area contributed by atoms with Gasteiger partial charge in [-0.15, -0.1) is 0 Å². The topological polar surface area (TPSA) is 75.3 Å². The minimum Gasteiger partial charge on any atom is -0.349 e. The Hall–Kier alpha value is -2.18. The molecule has 1 aliphatic carbocycles. The zero-order chi connectivity index (χ0) is 17.9. The Morgan fingerprint density at radius 3 is 2.56 bits per heavy atom. The first kappa shape index (κ1) is 17.6. The lowest BCUT2D eigenvalue weighted by atomic mass is 10.1. The van der Waals surface area contributed by atoms with Gasteiger partial charge in [-0.3, -0.25) is 4.79 Å². The fourth-order valence-electron chi connectivity index (χ4n) is 3.18. The number of rotatable bonds is 6. The van der Waals surface area contributed by atoms with Gasteiger partial charge in [0.15, 0.2) is 0 Å². The first-order valence-corrected chi connectivity index (χ1v) is 9.87. The number of nitrogens with one attached hydrogen (secondary N) is 2. The number of carbonyl (C=O) groups is 1. The predicted octanol–water partition coefficient (Wildman–Crippen LogP) is 2.33. The van der Waals surface area contributed by atoms with Gasteiger partial charge in [0, 0.05) is 6.42 Å². The summed E-state index contributed by atoms with van der Waals surface area (Å²) in [4.78, 5) is 12.5. The van der Waals surface area contributed by atoms with Crippen LogP contribution in [0.2, 0.25) is 0 Å². The predicted molar refractivity (Wildman–Crippen MR) is 96.7 cm³/mol. The average Bonchev–Trinajstić information content (AvgIpc) is 3.03. The van der Waals surface area contributed by atoms with Gasteiger partial charge in [-0.1, -0.05) is 36.4 Å². The maximum Gasteiger partial charge on any atom is 0.240 e. The minimum atomic E-state index is -3.42. The van der Waals surface area contributed by atoms with E-state index in [1.54, 1.807) is 24.3 Å². The van der Waals surface area contributed by atoms with E-state index in [1.807, 2.05) is 12.1 Å². The summed E-state index contributed by atoms with van der Waals surface area (Å²) in [6.45, 7) is 0. The third kappa shape index (κ3) is 4.08. The van der Waals surface area contributed by atoms with Gasteiger partial charge in [0.25, 0.3) is 0 Å². The highest BCUT2D eigenvalue weighted by atomic mass is 32.2. The number of carbonyl (C=O) groups excluding carboxylic acids is 1. The van der Waals surface area contributed by atoms with Crippen molar-refractivity contribution in [3.8, 4) is 0 Å². The average molecular weight is 358 g/mol. The number of sulfonamides is 1. The molecule has 2 aromatic rings. The van der Waals surface area contributed by atoms with Crippen molar-refractivity contribution in [1.29, 1.82) is 0 Å². The van der Waals surface area contributed by atoms with Crippen molar-refractivity contribution in [2.75, 3.05) is 7.05 Å². The van der Waals surface area contributed by atoms with E-state index >= 15 is 0 Å². The summed E-state index contributed by atoms with van der Waals surface area (Å²) < 4.78 is 25.7. The summed E-state index contributed by atoms with van der Waals surface area (Å²) in [6, 6.07) is 15.0.